The maximum Gasteiger partial charge on any atom is 0.224 e. The highest BCUT2D eigenvalue weighted by Gasteiger charge is 2.05. The van der Waals surface area contributed by atoms with E-state index in [0.29, 0.717) is 19.6 Å². The molecule has 1 unspecified atom stereocenters. The predicted molar refractivity (Wildman–Crippen MR) is 71.5 cm³/mol. The van der Waals surface area contributed by atoms with Crippen LogP contribution < -0.4 is 5.32 Å². The van der Waals surface area contributed by atoms with Crippen LogP contribution in [-0.4, -0.2) is 25.2 Å². The van der Waals surface area contributed by atoms with Gasteiger partial charge in [-0.2, -0.15) is 0 Å². The van der Waals surface area contributed by atoms with Crippen LogP contribution in [0.1, 0.15) is 19.4 Å². The van der Waals surface area contributed by atoms with Gasteiger partial charge in [-0.15, -0.1) is 12.6 Å². The Bertz CT molecular complexity index is 351. The molecule has 0 radical (unpaired) electrons. The third-order valence-corrected chi connectivity index (χ3v) is 2.64. The van der Waals surface area contributed by atoms with Gasteiger partial charge in [-0.1, -0.05) is 12.1 Å². The number of hydrogen-bond donors (Lipinski definition) is 2. The fraction of sp³-hybridized carbons (Fsp3) is 0.462. The highest BCUT2D eigenvalue weighted by molar-refractivity contribution is 7.80. The summed E-state index contributed by atoms with van der Waals surface area (Å²) in [5.41, 5.74) is 0.990. The fourth-order valence-corrected chi connectivity index (χ4v) is 1.61. The molecule has 94 valence electrons. The highest BCUT2D eigenvalue weighted by Crippen LogP contribution is 2.08. The van der Waals surface area contributed by atoms with Gasteiger partial charge in [0.15, 0.2) is 0 Å². The maximum atomic E-state index is 11.6. The van der Waals surface area contributed by atoms with Crippen LogP contribution in [0.4, 0.5) is 0 Å². The number of amides is 1. The van der Waals surface area contributed by atoms with E-state index in [9.17, 15) is 4.79 Å². The van der Waals surface area contributed by atoms with Gasteiger partial charge in [0, 0.05) is 18.0 Å². The molecular formula is C13H19NO2S. The molecule has 1 N–H and O–H groups in total. The minimum absolute atomic E-state index is 0.0171. The average Bonchev–Trinajstić information content (AvgIpc) is 2.30. The Morgan fingerprint density at radius 2 is 2.06 bits per heavy atom. The van der Waals surface area contributed by atoms with Gasteiger partial charge >= 0.3 is 0 Å². The summed E-state index contributed by atoms with van der Waals surface area (Å²) in [4.78, 5) is 12.5. The lowest BCUT2D eigenvalue weighted by Crippen LogP contribution is -2.33. The fourth-order valence-electron chi connectivity index (χ4n) is 1.46. The quantitative estimate of drug-likeness (QED) is 0.762. The molecule has 0 saturated heterocycles. The molecule has 17 heavy (non-hydrogen) atoms. The Labute approximate surface area is 108 Å². The number of hydrogen-bond acceptors (Lipinski definition) is 3. The molecule has 3 nitrogen and oxygen atoms in total. The van der Waals surface area contributed by atoms with Crippen molar-refractivity contribution in [1.82, 2.24) is 5.32 Å². The van der Waals surface area contributed by atoms with Crippen LogP contribution >= 0.6 is 12.6 Å². The summed E-state index contributed by atoms with van der Waals surface area (Å²) in [5.74, 6) is 0.0171. The first kappa shape index (κ1) is 14.1. The Morgan fingerprint density at radius 1 is 1.41 bits per heavy atom. The van der Waals surface area contributed by atoms with E-state index in [1.807, 2.05) is 38.1 Å². The number of ether oxygens (including phenoxy) is 1. The molecule has 0 aliphatic heterocycles. The molecule has 0 spiro atoms. The summed E-state index contributed by atoms with van der Waals surface area (Å²) in [7, 11) is 0. The molecule has 1 aromatic rings. The van der Waals surface area contributed by atoms with E-state index >= 15 is 0 Å². The lowest BCUT2D eigenvalue weighted by Gasteiger charge is -2.12. The molecule has 0 aliphatic carbocycles. The molecular weight excluding hydrogens is 234 g/mol. The molecule has 0 bridgehead atoms. The molecule has 0 heterocycles. The molecule has 4 heteroatoms. The summed E-state index contributed by atoms with van der Waals surface area (Å²) < 4.78 is 5.33. The number of carbonyl (C=O) groups is 1. The molecule has 1 aromatic carbocycles. The first-order valence-corrected chi connectivity index (χ1v) is 6.22. The molecule has 1 amide bonds. The van der Waals surface area contributed by atoms with Crippen molar-refractivity contribution in [2.24, 2.45) is 0 Å². The highest BCUT2D eigenvalue weighted by atomic mass is 32.1. The van der Waals surface area contributed by atoms with Gasteiger partial charge in [0.25, 0.3) is 0 Å². The molecule has 0 saturated carbocycles. The van der Waals surface area contributed by atoms with Crippen molar-refractivity contribution >= 4 is 18.5 Å². The zero-order valence-corrected chi connectivity index (χ0v) is 11.2. The maximum absolute atomic E-state index is 11.6. The van der Waals surface area contributed by atoms with Crippen molar-refractivity contribution in [2.75, 3.05) is 13.2 Å². The summed E-state index contributed by atoms with van der Waals surface area (Å²) in [6.45, 7) is 5.11. The van der Waals surface area contributed by atoms with Crippen LogP contribution in [-0.2, 0) is 16.0 Å². The van der Waals surface area contributed by atoms with Crippen LogP contribution in [0, 0.1) is 0 Å². The van der Waals surface area contributed by atoms with E-state index in [1.165, 1.54) is 0 Å². The molecule has 1 rings (SSSR count). The van der Waals surface area contributed by atoms with Crippen molar-refractivity contribution in [3.05, 3.63) is 29.8 Å². The number of benzene rings is 1. The third-order valence-electron chi connectivity index (χ3n) is 2.34. The first-order valence-electron chi connectivity index (χ1n) is 5.78. The smallest absolute Gasteiger partial charge is 0.224 e. The van der Waals surface area contributed by atoms with E-state index < -0.39 is 0 Å². The number of rotatable bonds is 6. The van der Waals surface area contributed by atoms with Crippen molar-refractivity contribution in [3.8, 4) is 0 Å². The largest absolute Gasteiger partial charge is 0.377 e. The Balaban J connectivity index is 2.32. The lowest BCUT2D eigenvalue weighted by molar-refractivity contribution is -0.121. The second-order valence-electron chi connectivity index (χ2n) is 3.91. The van der Waals surface area contributed by atoms with Crippen molar-refractivity contribution in [2.45, 2.75) is 31.3 Å². The Kier molecular flexibility index (Phi) is 6.08. The SMILES string of the molecule is CCOC(C)CNC(=O)Cc1ccc(S)cc1. The molecule has 0 aliphatic rings. The number of nitrogens with one attached hydrogen (secondary N) is 1. The van der Waals surface area contributed by atoms with Crippen LogP contribution in [0.5, 0.6) is 0 Å². The summed E-state index contributed by atoms with van der Waals surface area (Å²) >= 11 is 4.20. The van der Waals surface area contributed by atoms with E-state index in [1.54, 1.807) is 0 Å². The standard InChI is InChI=1S/C13H19NO2S/c1-3-16-10(2)9-14-13(15)8-11-4-6-12(17)7-5-11/h4-7,10,17H,3,8-9H2,1-2H3,(H,14,15). The zero-order valence-electron chi connectivity index (χ0n) is 10.3. The summed E-state index contributed by atoms with van der Waals surface area (Å²) in [5, 5.41) is 2.85. The minimum atomic E-state index is 0.0171. The Morgan fingerprint density at radius 3 is 2.65 bits per heavy atom. The van der Waals surface area contributed by atoms with E-state index in [-0.39, 0.29) is 12.0 Å². The van der Waals surface area contributed by atoms with Crippen molar-refractivity contribution in [3.63, 3.8) is 0 Å². The lowest BCUT2D eigenvalue weighted by atomic mass is 10.1. The van der Waals surface area contributed by atoms with E-state index in [0.717, 1.165) is 10.5 Å². The number of thiol groups is 1. The van der Waals surface area contributed by atoms with E-state index in [4.69, 9.17) is 4.74 Å². The van der Waals surface area contributed by atoms with Gasteiger partial charge in [-0.05, 0) is 31.5 Å². The zero-order chi connectivity index (χ0) is 12.7. The van der Waals surface area contributed by atoms with Gasteiger partial charge in [-0.25, -0.2) is 0 Å². The van der Waals surface area contributed by atoms with Crippen LogP contribution in [0.25, 0.3) is 0 Å². The van der Waals surface area contributed by atoms with Crippen molar-refractivity contribution < 1.29 is 9.53 Å². The summed E-state index contributed by atoms with van der Waals surface area (Å²) in [6, 6.07) is 7.59. The summed E-state index contributed by atoms with van der Waals surface area (Å²) in [6.07, 6.45) is 0.455. The van der Waals surface area contributed by atoms with Gasteiger partial charge in [0.1, 0.15) is 0 Å². The third kappa shape index (κ3) is 5.75. The van der Waals surface area contributed by atoms with E-state index in [2.05, 4.69) is 17.9 Å². The second-order valence-corrected chi connectivity index (χ2v) is 4.43. The van der Waals surface area contributed by atoms with Gasteiger partial charge in [-0.3, -0.25) is 4.79 Å². The van der Waals surface area contributed by atoms with Crippen LogP contribution in [0.15, 0.2) is 29.2 Å². The number of carbonyl (C=O) groups excluding carboxylic acids is 1. The Hall–Kier alpha value is -1.00. The van der Waals surface area contributed by atoms with Gasteiger partial charge in [0.2, 0.25) is 5.91 Å². The second kappa shape index (κ2) is 7.35. The molecule has 1 atom stereocenters. The minimum Gasteiger partial charge on any atom is -0.377 e. The van der Waals surface area contributed by atoms with Crippen LogP contribution in [0.3, 0.4) is 0 Å². The molecule has 0 fully saturated rings. The van der Waals surface area contributed by atoms with Crippen molar-refractivity contribution in [1.29, 1.82) is 0 Å². The van der Waals surface area contributed by atoms with Crippen LogP contribution in [0.2, 0.25) is 0 Å². The predicted octanol–water partition coefficient (Wildman–Crippen LogP) is 2.06. The monoisotopic (exact) mass is 253 g/mol. The first-order chi connectivity index (χ1) is 8.11. The molecule has 0 aromatic heterocycles. The normalized spacial score (nSPS) is 12.2. The van der Waals surface area contributed by atoms with Gasteiger partial charge < -0.3 is 10.1 Å². The topological polar surface area (TPSA) is 38.3 Å². The van der Waals surface area contributed by atoms with Gasteiger partial charge in [0.05, 0.1) is 12.5 Å². The average molecular weight is 253 g/mol.